The average molecular weight is 327 g/mol. The van der Waals surface area contributed by atoms with Gasteiger partial charge in [0.1, 0.15) is 5.60 Å². The maximum absolute atomic E-state index is 10.8. The molecule has 4 heteroatoms. The molecule has 0 bridgehead atoms. The first-order chi connectivity index (χ1) is 8.44. The summed E-state index contributed by atoms with van der Waals surface area (Å²) in [5.41, 5.74) is 6.56. The molecule has 0 radical (unpaired) electrons. The van der Waals surface area contributed by atoms with Crippen molar-refractivity contribution in [1.29, 1.82) is 0 Å². The number of halogens is 2. The Morgan fingerprint density at radius 3 is 2.39 bits per heavy atom. The van der Waals surface area contributed by atoms with Crippen molar-refractivity contribution in [1.82, 2.24) is 0 Å². The van der Waals surface area contributed by atoms with E-state index in [0.29, 0.717) is 21.8 Å². The van der Waals surface area contributed by atoms with Crippen LogP contribution in [0.4, 0.5) is 5.69 Å². The van der Waals surface area contributed by atoms with E-state index in [1.54, 1.807) is 25.1 Å². The normalized spacial score (nSPS) is 14.2. The number of hydrogen-bond acceptors (Lipinski definition) is 2. The summed E-state index contributed by atoms with van der Waals surface area (Å²) in [6.07, 6.45) is 0. The Hall–Kier alpha value is -1.03. The van der Waals surface area contributed by atoms with Gasteiger partial charge in [-0.1, -0.05) is 41.9 Å². The van der Waals surface area contributed by atoms with Crippen molar-refractivity contribution in [2.75, 3.05) is 5.73 Å². The van der Waals surface area contributed by atoms with E-state index >= 15 is 0 Å². The zero-order valence-electron chi connectivity index (χ0n) is 9.82. The fourth-order valence-corrected chi connectivity index (χ4v) is 2.65. The fraction of sp³-hybridized carbons (Fsp3) is 0.143. The summed E-state index contributed by atoms with van der Waals surface area (Å²) in [7, 11) is 0. The van der Waals surface area contributed by atoms with Crippen molar-refractivity contribution in [3.63, 3.8) is 0 Å². The van der Waals surface area contributed by atoms with Crippen LogP contribution < -0.4 is 5.73 Å². The largest absolute Gasteiger partial charge is 0.397 e. The van der Waals surface area contributed by atoms with Gasteiger partial charge < -0.3 is 10.8 Å². The van der Waals surface area contributed by atoms with Gasteiger partial charge in [0.15, 0.2) is 0 Å². The molecule has 1 atom stereocenters. The van der Waals surface area contributed by atoms with Gasteiger partial charge in [0, 0.05) is 20.6 Å². The van der Waals surface area contributed by atoms with Crippen LogP contribution in [0.3, 0.4) is 0 Å². The van der Waals surface area contributed by atoms with Crippen LogP contribution in [0.2, 0.25) is 5.02 Å². The summed E-state index contributed by atoms with van der Waals surface area (Å²) >= 11 is 9.50. The highest BCUT2D eigenvalue weighted by molar-refractivity contribution is 9.10. The minimum atomic E-state index is -1.23. The van der Waals surface area contributed by atoms with Gasteiger partial charge >= 0.3 is 0 Å². The van der Waals surface area contributed by atoms with E-state index in [1.165, 1.54) is 0 Å². The van der Waals surface area contributed by atoms with Gasteiger partial charge in [-0.15, -0.1) is 0 Å². The second-order valence-electron chi connectivity index (χ2n) is 4.25. The van der Waals surface area contributed by atoms with E-state index in [2.05, 4.69) is 15.9 Å². The molecule has 0 saturated heterocycles. The molecular formula is C14H13BrClNO. The number of anilines is 1. The molecule has 0 heterocycles. The molecule has 0 aliphatic rings. The van der Waals surface area contributed by atoms with E-state index in [0.717, 1.165) is 4.47 Å². The molecule has 2 nitrogen and oxygen atoms in total. The Balaban J connectivity index is 2.62. The van der Waals surface area contributed by atoms with E-state index in [-0.39, 0.29) is 0 Å². The molecule has 0 aliphatic carbocycles. The summed E-state index contributed by atoms with van der Waals surface area (Å²) in [5, 5.41) is 11.3. The van der Waals surface area contributed by atoms with E-state index in [9.17, 15) is 5.11 Å². The van der Waals surface area contributed by atoms with E-state index < -0.39 is 5.60 Å². The second kappa shape index (κ2) is 4.92. The zero-order valence-corrected chi connectivity index (χ0v) is 12.2. The minimum Gasteiger partial charge on any atom is -0.397 e. The summed E-state index contributed by atoms with van der Waals surface area (Å²) in [6, 6.07) is 12.7. The third-order valence-corrected chi connectivity index (χ3v) is 4.00. The molecule has 1 unspecified atom stereocenters. The Kier molecular flexibility index (Phi) is 3.66. The average Bonchev–Trinajstić information content (AvgIpc) is 2.32. The molecule has 0 saturated carbocycles. The predicted octanol–water partition coefficient (Wildman–Crippen LogP) is 3.94. The SMILES string of the molecule is CC(O)(c1ccccc1Cl)c1cccc(Br)c1N. The lowest BCUT2D eigenvalue weighted by atomic mass is 9.87. The van der Waals surface area contributed by atoms with Gasteiger partial charge in [0.25, 0.3) is 0 Å². The summed E-state index contributed by atoms with van der Waals surface area (Å²) < 4.78 is 0.757. The van der Waals surface area contributed by atoms with Crippen molar-refractivity contribution >= 4 is 33.2 Å². The molecule has 3 N–H and O–H groups in total. The number of hydrogen-bond donors (Lipinski definition) is 2. The van der Waals surface area contributed by atoms with Gasteiger partial charge in [0.2, 0.25) is 0 Å². The molecule has 0 fully saturated rings. The third-order valence-electron chi connectivity index (χ3n) is 2.98. The quantitative estimate of drug-likeness (QED) is 0.821. The summed E-state index contributed by atoms with van der Waals surface area (Å²) in [4.78, 5) is 0. The van der Waals surface area contributed by atoms with Crippen LogP contribution in [0.5, 0.6) is 0 Å². The number of aliphatic hydroxyl groups is 1. The first kappa shape index (κ1) is 13.4. The number of benzene rings is 2. The lowest BCUT2D eigenvalue weighted by Gasteiger charge is -2.27. The van der Waals surface area contributed by atoms with Crippen molar-refractivity contribution in [2.45, 2.75) is 12.5 Å². The highest BCUT2D eigenvalue weighted by Crippen LogP contribution is 2.38. The van der Waals surface area contributed by atoms with E-state index in [1.807, 2.05) is 24.3 Å². The van der Waals surface area contributed by atoms with E-state index in [4.69, 9.17) is 17.3 Å². The highest BCUT2D eigenvalue weighted by Gasteiger charge is 2.30. The number of nitrogens with two attached hydrogens (primary N) is 1. The number of para-hydroxylation sites is 1. The molecule has 0 amide bonds. The fourth-order valence-electron chi connectivity index (χ4n) is 1.96. The molecular weight excluding hydrogens is 314 g/mol. The van der Waals surface area contributed by atoms with Crippen LogP contribution >= 0.6 is 27.5 Å². The maximum atomic E-state index is 10.8. The molecule has 0 aliphatic heterocycles. The zero-order chi connectivity index (χ0) is 13.3. The monoisotopic (exact) mass is 325 g/mol. The van der Waals surface area contributed by atoms with Crippen molar-refractivity contribution in [3.8, 4) is 0 Å². The minimum absolute atomic E-state index is 0.516. The smallest absolute Gasteiger partial charge is 0.115 e. The topological polar surface area (TPSA) is 46.2 Å². The van der Waals surface area contributed by atoms with Crippen LogP contribution in [0.15, 0.2) is 46.9 Å². The molecule has 94 valence electrons. The summed E-state index contributed by atoms with van der Waals surface area (Å²) in [6.45, 7) is 1.69. The first-order valence-corrected chi connectivity index (χ1v) is 6.63. The molecule has 2 rings (SSSR count). The first-order valence-electron chi connectivity index (χ1n) is 5.46. The molecule has 0 aromatic heterocycles. The highest BCUT2D eigenvalue weighted by atomic mass is 79.9. The van der Waals surface area contributed by atoms with Crippen LogP contribution in [-0.2, 0) is 5.60 Å². The second-order valence-corrected chi connectivity index (χ2v) is 5.51. The Morgan fingerprint density at radius 1 is 1.11 bits per heavy atom. The van der Waals surface area contributed by atoms with Gasteiger partial charge in [-0.25, -0.2) is 0 Å². The Bertz CT molecular complexity index is 584. The summed E-state index contributed by atoms with van der Waals surface area (Å²) in [5.74, 6) is 0. The molecule has 0 spiro atoms. The lowest BCUT2D eigenvalue weighted by Crippen LogP contribution is -2.24. The van der Waals surface area contributed by atoms with Crippen molar-refractivity contribution in [2.24, 2.45) is 0 Å². The van der Waals surface area contributed by atoms with Crippen LogP contribution in [0.25, 0.3) is 0 Å². The van der Waals surface area contributed by atoms with Crippen LogP contribution in [0, 0.1) is 0 Å². The van der Waals surface area contributed by atoms with Crippen molar-refractivity contribution in [3.05, 3.63) is 63.1 Å². The maximum Gasteiger partial charge on any atom is 0.115 e. The standard InChI is InChI=1S/C14H13BrClNO/c1-14(18,9-5-2-3-8-12(9)16)10-6-4-7-11(15)13(10)17/h2-8,18H,17H2,1H3. The van der Waals surface area contributed by atoms with Gasteiger partial charge in [-0.05, 0) is 35.0 Å². The third kappa shape index (κ3) is 2.26. The van der Waals surface area contributed by atoms with Crippen LogP contribution in [0.1, 0.15) is 18.1 Å². The van der Waals surface area contributed by atoms with Gasteiger partial charge in [-0.2, -0.15) is 0 Å². The Morgan fingerprint density at radius 2 is 1.72 bits per heavy atom. The molecule has 18 heavy (non-hydrogen) atoms. The lowest BCUT2D eigenvalue weighted by molar-refractivity contribution is 0.103. The van der Waals surface area contributed by atoms with Crippen LogP contribution in [-0.4, -0.2) is 5.11 Å². The molecule has 2 aromatic carbocycles. The number of rotatable bonds is 2. The molecule has 2 aromatic rings. The van der Waals surface area contributed by atoms with Gasteiger partial charge in [0.05, 0.1) is 5.69 Å². The predicted molar refractivity (Wildman–Crippen MR) is 78.7 cm³/mol. The Labute approximate surface area is 120 Å². The number of nitrogen functional groups attached to an aromatic ring is 1. The van der Waals surface area contributed by atoms with Gasteiger partial charge in [-0.3, -0.25) is 0 Å². The van der Waals surface area contributed by atoms with Crippen molar-refractivity contribution < 1.29 is 5.11 Å².